The second kappa shape index (κ2) is 4.92. The van der Waals surface area contributed by atoms with Gasteiger partial charge < -0.3 is 14.6 Å². The molecule has 4 heteroatoms. The number of hydrogen-bond acceptors (Lipinski definition) is 2. The van der Waals surface area contributed by atoms with Crippen LogP contribution < -0.4 is 0 Å². The van der Waals surface area contributed by atoms with E-state index in [2.05, 4.69) is 0 Å². The number of carbonyl (C=O) groups excluding carboxylic acids is 1. The number of aromatic nitrogens is 1. The van der Waals surface area contributed by atoms with E-state index in [4.69, 9.17) is 5.11 Å². The fourth-order valence-corrected chi connectivity index (χ4v) is 2.31. The van der Waals surface area contributed by atoms with Gasteiger partial charge in [0.2, 0.25) is 0 Å². The standard InChI is InChI=1S/C13H20N2O2/c1-10-3-4-12(14(10)2)13(17)15-7-5-11(9-16)6-8-15/h3-4,11,16H,5-9H2,1-2H3. The smallest absolute Gasteiger partial charge is 0.270 e. The lowest BCUT2D eigenvalue weighted by molar-refractivity contribution is 0.0641. The van der Waals surface area contributed by atoms with Crippen LogP contribution in [0.2, 0.25) is 0 Å². The highest BCUT2D eigenvalue weighted by molar-refractivity contribution is 5.93. The maximum Gasteiger partial charge on any atom is 0.270 e. The zero-order valence-electron chi connectivity index (χ0n) is 10.5. The zero-order chi connectivity index (χ0) is 12.4. The molecule has 1 aromatic heterocycles. The molecule has 0 atom stereocenters. The fraction of sp³-hybridized carbons (Fsp3) is 0.615. The zero-order valence-corrected chi connectivity index (χ0v) is 10.5. The largest absolute Gasteiger partial charge is 0.396 e. The molecule has 4 nitrogen and oxygen atoms in total. The van der Waals surface area contributed by atoms with Gasteiger partial charge in [-0.05, 0) is 37.8 Å². The van der Waals surface area contributed by atoms with Gasteiger partial charge in [0.1, 0.15) is 5.69 Å². The SMILES string of the molecule is Cc1ccc(C(=O)N2CCC(CO)CC2)n1C. The summed E-state index contributed by atoms with van der Waals surface area (Å²) in [5, 5.41) is 9.07. The van der Waals surface area contributed by atoms with Crippen molar-refractivity contribution in [1.82, 2.24) is 9.47 Å². The molecule has 0 aromatic carbocycles. The summed E-state index contributed by atoms with van der Waals surface area (Å²) >= 11 is 0. The Morgan fingerprint density at radius 3 is 2.53 bits per heavy atom. The van der Waals surface area contributed by atoms with Crippen LogP contribution in [0.15, 0.2) is 12.1 Å². The van der Waals surface area contributed by atoms with Gasteiger partial charge in [0.05, 0.1) is 0 Å². The average Bonchev–Trinajstić information content (AvgIpc) is 2.69. The van der Waals surface area contributed by atoms with Gasteiger partial charge in [-0.3, -0.25) is 4.79 Å². The van der Waals surface area contributed by atoms with Gasteiger partial charge in [0.15, 0.2) is 0 Å². The lowest BCUT2D eigenvalue weighted by Gasteiger charge is -2.31. The number of likely N-dealkylation sites (tertiary alicyclic amines) is 1. The van der Waals surface area contributed by atoms with E-state index in [1.54, 1.807) is 0 Å². The predicted molar refractivity (Wildman–Crippen MR) is 65.9 cm³/mol. The van der Waals surface area contributed by atoms with Crippen molar-refractivity contribution in [2.75, 3.05) is 19.7 Å². The summed E-state index contributed by atoms with van der Waals surface area (Å²) in [6.45, 7) is 3.75. The van der Waals surface area contributed by atoms with Gasteiger partial charge in [0, 0.05) is 32.4 Å². The van der Waals surface area contributed by atoms with Crippen molar-refractivity contribution in [3.63, 3.8) is 0 Å². The Hall–Kier alpha value is -1.29. The Morgan fingerprint density at radius 2 is 2.06 bits per heavy atom. The summed E-state index contributed by atoms with van der Waals surface area (Å²) in [4.78, 5) is 14.2. The first-order valence-corrected chi connectivity index (χ1v) is 6.16. The molecule has 1 aliphatic rings. The Bertz CT molecular complexity index is 404. The third-order valence-corrected chi connectivity index (χ3v) is 3.75. The summed E-state index contributed by atoms with van der Waals surface area (Å²) in [6.07, 6.45) is 1.82. The summed E-state index contributed by atoms with van der Waals surface area (Å²) in [6, 6.07) is 3.85. The third-order valence-electron chi connectivity index (χ3n) is 3.75. The van der Waals surface area contributed by atoms with Crippen LogP contribution in [0.4, 0.5) is 0 Å². The number of aryl methyl sites for hydroxylation is 1. The first-order valence-electron chi connectivity index (χ1n) is 6.16. The molecule has 0 unspecified atom stereocenters. The van der Waals surface area contributed by atoms with E-state index in [9.17, 15) is 4.79 Å². The molecule has 1 N–H and O–H groups in total. The highest BCUT2D eigenvalue weighted by Crippen LogP contribution is 2.19. The summed E-state index contributed by atoms with van der Waals surface area (Å²) in [5.74, 6) is 0.478. The van der Waals surface area contributed by atoms with E-state index >= 15 is 0 Å². The second-order valence-electron chi connectivity index (χ2n) is 4.84. The summed E-state index contributed by atoms with van der Waals surface area (Å²) < 4.78 is 1.93. The monoisotopic (exact) mass is 236 g/mol. The van der Waals surface area contributed by atoms with Crippen molar-refractivity contribution in [3.8, 4) is 0 Å². The molecule has 0 spiro atoms. The molecule has 1 amide bonds. The minimum Gasteiger partial charge on any atom is -0.396 e. The van der Waals surface area contributed by atoms with Gasteiger partial charge >= 0.3 is 0 Å². The van der Waals surface area contributed by atoms with Crippen molar-refractivity contribution in [3.05, 3.63) is 23.5 Å². The Kier molecular flexibility index (Phi) is 3.52. The van der Waals surface area contributed by atoms with Crippen molar-refractivity contribution in [2.45, 2.75) is 19.8 Å². The van der Waals surface area contributed by atoms with Crippen LogP contribution >= 0.6 is 0 Å². The van der Waals surface area contributed by atoms with E-state index in [-0.39, 0.29) is 12.5 Å². The highest BCUT2D eigenvalue weighted by Gasteiger charge is 2.24. The van der Waals surface area contributed by atoms with Gasteiger partial charge in [-0.25, -0.2) is 0 Å². The Morgan fingerprint density at radius 1 is 1.41 bits per heavy atom. The van der Waals surface area contributed by atoms with E-state index in [0.717, 1.165) is 37.3 Å². The van der Waals surface area contributed by atoms with Crippen LogP contribution in [0.25, 0.3) is 0 Å². The molecule has 1 saturated heterocycles. The number of aliphatic hydroxyl groups excluding tert-OH is 1. The number of amides is 1. The molecule has 1 aliphatic heterocycles. The van der Waals surface area contributed by atoms with Crippen LogP contribution in [0.3, 0.4) is 0 Å². The lowest BCUT2D eigenvalue weighted by Crippen LogP contribution is -2.39. The highest BCUT2D eigenvalue weighted by atomic mass is 16.3. The molecule has 1 aromatic rings. The van der Waals surface area contributed by atoms with Crippen molar-refractivity contribution in [1.29, 1.82) is 0 Å². The number of carbonyl (C=O) groups is 1. The maximum atomic E-state index is 12.3. The summed E-state index contributed by atoms with van der Waals surface area (Å²) in [7, 11) is 1.92. The number of nitrogens with zero attached hydrogens (tertiary/aromatic N) is 2. The average molecular weight is 236 g/mol. The van der Waals surface area contributed by atoms with E-state index < -0.39 is 0 Å². The number of hydrogen-bond donors (Lipinski definition) is 1. The first kappa shape index (κ1) is 12.2. The molecular weight excluding hydrogens is 216 g/mol. The predicted octanol–water partition coefficient (Wildman–Crippen LogP) is 1.18. The summed E-state index contributed by atoms with van der Waals surface area (Å²) in [5.41, 5.74) is 1.85. The first-order chi connectivity index (χ1) is 8.13. The van der Waals surface area contributed by atoms with Crippen molar-refractivity contribution in [2.24, 2.45) is 13.0 Å². The van der Waals surface area contributed by atoms with Crippen molar-refractivity contribution >= 4 is 5.91 Å². The van der Waals surface area contributed by atoms with Crippen LogP contribution in [0, 0.1) is 12.8 Å². The molecule has 94 valence electrons. The normalized spacial score (nSPS) is 17.5. The molecule has 2 rings (SSSR count). The van der Waals surface area contributed by atoms with Crippen LogP contribution in [0.5, 0.6) is 0 Å². The topological polar surface area (TPSA) is 45.5 Å². The lowest BCUT2D eigenvalue weighted by atomic mass is 9.98. The van der Waals surface area contributed by atoms with Crippen LogP contribution in [-0.2, 0) is 7.05 Å². The molecule has 0 aliphatic carbocycles. The molecule has 0 saturated carbocycles. The van der Waals surface area contributed by atoms with Crippen LogP contribution in [-0.4, -0.2) is 40.2 Å². The fourth-order valence-electron chi connectivity index (χ4n) is 2.31. The Balaban J connectivity index is 2.04. The third kappa shape index (κ3) is 2.36. The number of aliphatic hydroxyl groups is 1. The van der Waals surface area contributed by atoms with Gasteiger partial charge in [0.25, 0.3) is 5.91 Å². The maximum absolute atomic E-state index is 12.3. The number of rotatable bonds is 2. The minimum absolute atomic E-state index is 0.108. The Labute approximate surface area is 102 Å². The van der Waals surface area contributed by atoms with Gasteiger partial charge in [-0.15, -0.1) is 0 Å². The van der Waals surface area contributed by atoms with Gasteiger partial charge in [-0.2, -0.15) is 0 Å². The second-order valence-corrected chi connectivity index (χ2v) is 4.84. The van der Waals surface area contributed by atoms with E-state index in [1.807, 2.05) is 35.6 Å². The molecule has 1 fully saturated rings. The molecule has 2 heterocycles. The molecule has 0 radical (unpaired) electrons. The molecule has 0 bridgehead atoms. The van der Waals surface area contributed by atoms with E-state index in [1.165, 1.54) is 0 Å². The van der Waals surface area contributed by atoms with Crippen molar-refractivity contribution < 1.29 is 9.90 Å². The van der Waals surface area contributed by atoms with Crippen LogP contribution in [0.1, 0.15) is 29.0 Å². The minimum atomic E-state index is 0.108. The molecule has 17 heavy (non-hydrogen) atoms. The van der Waals surface area contributed by atoms with E-state index in [0.29, 0.717) is 5.92 Å². The van der Waals surface area contributed by atoms with Gasteiger partial charge in [-0.1, -0.05) is 0 Å². The quantitative estimate of drug-likeness (QED) is 0.838. The number of piperidine rings is 1. The molecular formula is C13H20N2O2.